The molecule has 0 unspecified atom stereocenters. The van der Waals surface area contributed by atoms with Crippen LogP contribution in [0.2, 0.25) is 0 Å². The van der Waals surface area contributed by atoms with Crippen molar-refractivity contribution < 1.29 is 9.69 Å². The number of thiophene rings is 1. The number of thioether (sulfide) groups is 1. The van der Waals surface area contributed by atoms with Crippen molar-refractivity contribution in [3.05, 3.63) is 16.8 Å². The van der Waals surface area contributed by atoms with Crippen LogP contribution < -0.4 is 4.90 Å². The lowest BCUT2D eigenvalue weighted by atomic mass is 9.89. The van der Waals surface area contributed by atoms with Gasteiger partial charge in [0.05, 0.1) is 38.0 Å². The van der Waals surface area contributed by atoms with Crippen molar-refractivity contribution in [1.82, 2.24) is 14.9 Å². The van der Waals surface area contributed by atoms with Crippen molar-refractivity contribution in [3.8, 4) is 0 Å². The van der Waals surface area contributed by atoms with Crippen molar-refractivity contribution in [3.63, 3.8) is 0 Å². The minimum absolute atomic E-state index is 0.107. The number of hydrogen-bond donors (Lipinski definition) is 1. The minimum Gasteiger partial charge on any atom is -0.332 e. The zero-order valence-electron chi connectivity index (χ0n) is 16.5. The van der Waals surface area contributed by atoms with Gasteiger partial charge in [0.15, 0.2) is 0 Å². The number of nitrogens with one attached hydrogen (secondary N) is 1. The van der Waals surface area contributed by atoms with Gasteiger partial charge < -0.3 is 9.80 Å². The van der Waals surface area contributed by atoms with Gasteiger partial charge in [0.2, 0.25) is 5.91 Å². The molecule has 7 heteroatoms. The molecule has 0 aromatic carbocycles. The monoisotopic (exact) mass is 405 g/mol. The molecule has 2 aliphatic rings. The topological polar surface area (TPSA) is 50.5 Å². The molecule has 0 bridgehead atoms. The Morgan fingerprint density at radius 2 is 2.19 bits per heavy atom. The van der Waals surface area contributed by atoms with Crippen LogP contribution in [0.5, 0.6) is 0 Å². The van der Waals surface area contributed by atoms with E-state index in [4.69, 9.17) is 0 Å². The van der Waals surface area contributed by atoms with Gasteiger partial charge in [0.1, 0.15) is 16.2 Å². The number of nitrogens with zero attached hydrogens (tertiary/aromatic N) is 3. The molecular weight excluding hydrogens is 376 g/mol. The van der Waals surface area contributed by atoms with E-state index in [2.05, 4.69) is 23.8 Å². The number of piperazine rings is 1. The number of quaternary nitrogens is 1. The van der Waals surface area contributed by atoms with Gasteiger partial charge in [-0.1, -0.05) is 18.7 Å². The van der Waals surface area contributed by atoms with Crippen LogP contribution in [0.3, 0.4) is 0 Å². The van der Waals surface area contributed by atoms with Crippen LogP contribution in [0.4, 0.5) is 0 Å². The normalized spacial score (nSPS) is 22.0. The van der Waals surface area contributed by atoms with Gasteiger partial charge in [-0.2, -0.15) is 0 Å². The van der Waals surface area contributed by atoms with Crippen molar-refractivity contribution in [2.75, 3.05) is 32.7 Å². The first-order valence-electron chi connectivity index (χ1n) is 10.1. The third-order valence-corrected chi connectivity index (χ3v) is 8.23. The zero-order chi connectivity index (χ0) is 19.0. The van der Waals surface area contributed by atoms with Gasteiger partial charge in [0.25, 0.3) is 0 Å². The third-order valence-electron chi connectivity index (χ3n) is 5.98. The van der Waals surface area contributed by atoms with Gasteiger partial charge in [0, 0.05) is 10.3 Å². The summed E-state index contributed by atoms with van der Waals surface area (Å²) in [5.41, 5.74) is 1.44. The van der Waals surface area contributed by atoms with Crippen molar-refractivity contribution >= 4 is 39.2 Å². The average Bonchev–Trinajstić information content (AvgIpc) is 3.05. The van der Waals surface area contributed by atoms with E-state index in [0.717, 1.165) is 61.3 Å². The molecule has 1 aliphatic heterocycles. The molecule has 1 aliphatic carbocycles. The van der Waals surface area contributed by atoms with Crippen LogP contribution in [0.15, 0.2) is 11.4 Å². The Hall–Kier alpha value is -1.18. The number of fused-ring (bicyclic) bond motifs is 3. The maximum atomic E-state index is 13.0. The van der Waals surface area contributed by atoms with Crippen LogP contribution in [0, 0.1) is 5.92 Å². The predicted molar refractivity (Wildman–Crippen MR) is 112 cm³/mol. The number of carbonyl (C=O) groups is 1. The van der Waals surface area contributed by atoms with E-state index in [1.807, 2.05) is 23.2 Å². The fourth-order valence-corrected chi connectivity index (χ4v) is 6.65. The zero-order valence-corrected chi connectivity index (χ0v) is 18.1. The molecule has 0 spiro atoms. The van der Waals surface area contributed by atoms with Crippen molar-refractivity contribution in [2.24, 2.45) is 5.92 Å². The molecule has 0 radical (unpaired) electrons. The third kappa shape index (κ3) is 3.87. The second kappa shape index (κ2) is 8.05. The van der Waals surface area contributed by atoms with E-state index >= 15 is 0 Å². The van der Waals surface area contributed by atoms with Gasteiger partial charge in [-0.15, -0.1) is 11.3 Å². The van der Waals surface area contributed by atoms with Gasteiger partial charge >= 0.3 is 0 Å². The number of hydrogen-bond acceptors (Lipinski definition) is 5. The SMILES string of the molecule is CC[NH+]1CCN(C(=O)[C@@H](C)Sc2ncnc3sc4c(c23)CC[C@@H](C)C4)CC1. The van der Waals surface area contributed by atoms with Crippen molar-refractivity contribution in [2.45, 2.75) is 50.3 Å². The maximum absolute atomic E-state index is 13.0. The summed E-state index contributed by atoms with van der Waals surface area (Å²) >= 11 is 3.44. The average molecular weight is 406 g/mol. The molecule has 1 fully saturated rings. The molecule has 3 heterocycles. The first kappa shape index (κ1) is 19.2. The first-order chi connectivity index (χ1) is 13.1. The molecule has 1 amide bonds. The highest BCUT2D eigenvalue weighted by Crippen LogP contribution is 2.41. The number of carbonyl (C=O) groups excluding carboxylic acids is 1. The number of amides is 1. The smallest absolute Gasteiger partial charge is 0.236 e. The Labute approximate surface area is 169 Å². The molecule has 2 atom stereocenters. The van der Waals surface area contributed by atoms with Crippen LogP contribution in [0.1, 0.15) is 37.6 Å². The molecule has 2 aromatic heterocycles. The standard InChI is InChI=1S/C20H28N4OS2/c1-4-23-7-9-24(10-8-23)20(25)14(3)26-18-17-15-6-5-13(2)11-16(15)27-19(17)22-12-21-18/h12-14H,4-11H2,1-3H3/p+1/t13-,14-/m1/s1. The quantitative estimate of drug-likeness (QED) is 0.625. The predicted octanol–water partition coefficient (Wildman–Crippen LogP) is 2.04. The second-order valence-corrected chi connectivity index (χ2v) is 10.3. The fourth-order valence-electron chi connectivity index (χ4n) is 4.21. The van der Waals surface area contributed by atoms with Gasteiger partial charge in [-0.05, 0) is 44.6 Å². The van der Waals surface area contributed by atoms with E-state index < -0.39 is 0 Å². The maximum Gasteiger partial charge on any atom is 0.236 e. The van der Waals surface area contributed by atoms with Crippen LogP contribution >= 0.6 is 23.1 Å². The van der Waals surface area contributed by atoms with E-state index in [-0.39, 0.29) is 11.2 Å². The summed E-state index contributed by atoms with van der Waals surface area (Å²) in [7, 11) is 0. The molecule has 146 valence electrons. The lowest BCUT2D eigenvalue weighted by Gasteiger charge is -2.33. The summed E-state index contributed by atoms with van der Waals surface area (Å²) < 4.78 is 0. The summed E-state index contributed by atoms with van der Waals surface area (Å²) in [4.78, 5) is 28.3. The highest BCUT2D eigenvalue weighted by molar-refractivity contribution is 8.00. The Bertz CT molecular complexity index is 829. The molecular formula is C20H29N4OS2+. The minimum atomic E-state index is -0.107. The molecule has 1 saturated heterocycles. The summed E-state index contributed by atoms with van der Waals surface area (Å²) in [6.07, 6.45) is 5.16. The Balaban J connectivity index is 1.52. The number of aryl methyl sites for hydroxylation is 1. The van der Waals surface area contributed by atoms with Crippen molar-refractivity contribution in [1.29, 1.82) is 0 Å². The van der Waals surface area contributed by atoms with E-state index in [1.54, 1.807) is 23.0 Å². The highest BCUT2D eigenvalue weighted by Gasteiger charge is 2.29. The van der Waals surface area contributed by atoms with Crippen LogP contribution in [-0.4, -0.2) is 58.7 Å². The van der Waals surface area contributed by atoms with Crippen LogP contribution in [0.25, 0.3) is 10.2 Å². The first-order valence-corrected chi connectivity index (χ1v) is 11.8. The van der Waals surface area contributed by atoms with Gasteiger partial charge in [-0.3, -0.25) is 4.79 Å². The Kier molecular flexibility index (Phi) is 5.71. The number of rotatable bonds is 4. The fraction of sp³-hybridized carbons (Fsp3) is 0.650. The summed E-state index contributed by atoms with van der Waals surface area (Å²) in [6.45, 7) is 11.6. The van der Waals surface area contributed by atoms with Gasteiger partial charge in [-0.25, -0.2) is 9.97 Å². The molecule has 1 N–H and O–H groups in total. The summed E-state index contributed by atoms with van der Waals surface area (Å²) in [6, 6.07) is 0. The molecule has 27 heavy (non-hydrogen) atoms. The number of likely N-dealkylation sites (N-methyl/N-ethyl adjacent to an activating group) is 1. The summed E-state index contributed by atoms with van der Waals surface area (Å²) in [5, 5.41) is 2.10. The van der Waals surface area contributed by atoms with Crippen LogP contribution in [-0.2, 0) is 17.6 Å². The molecule has 2 aromatic rings. The largest absolute Gasteiger partial charge is 0.332 e. The Morgan fingerprint density at radius 3 is 2.93 bits per heavy atom. The lowest BCUT2D eigenvalue weighted by Crippen LogP contribution is -3.14. The lowest BCUT2D eigenvalue weighted by molar-refractivity contribution is -0.902. The van der Waals surface area contributed by atoms with E-state index in [0.29, 0.717) is 0 Å². The highest BCUT2D eigenvalue weighted by atomic mass is 32.2. The van der Waals surface area contributed by atoms with E-state index in [1.165, 1.54) is 22.2 Å². The molecule has 0 saturated carbocycles. The number of aromatic nitrogens is 2. The molecule has 4 rings (SSSR count). The van der Waals surface area contributed by atoms with E-state index in [9.17, 15) is 4.79 Å². The Morgan fingerprint density at radius 1 is 1.41 bits per heavy atom. The second-order valence-electron chi connectivity index (χ2n) is 7.90. The molecule has 5 nitrogen and oxygen atoms in total. The summed E-state index contributed by atoms with van der Waals surface area (Å²) in [5.74, 6) is 0.999.